The fourth-order valence-corrected chi connectivity index (χ4v) is 12.1. The molecule has 608 valence electrons. The number of rotatable bonds is 12. The van der Waals surface area contributed by atoms with Gasteiger partial charge in [-0.2, -0.15) is 0 Å². The Balaban J connectivity index is 0.000000369. The SMILES string of the molecule is Cc1cc(C)cc(-c2cccc(-c3ccccc3)c2C(=O)[O-])c1.Cc1cc(C)cc(-c2cccc(-c3ccccc3)c2C(=O)[O-])c1.Cc1ccc(-c2cccc(-c3ccc(C)cc3)c2C(=O)[O-])cc1.Cc1ccc(-c2cccc(-c3ccc(C)cc3)c2C(=O)[O-])cc1.ClCCl.ClCCl.ClCCl.ClCCl.[Fe+2].[Fe+2].c1ccncc1.c1ccncc1. The number of hydrogen-bond donors (Lipinski definition) is 0. The monoisotopic (exact) mass is 1810 g/mol. The van der Waals surface area contributed by atoms with Gasteiger partial charge in [-0.3, -0.25) is 9.97 Å². The minimum atomic E-state index is -1.16. The molecule has 0 N–H and O–H groups in total. The predicted molar refractivity (Wildman–Crippen MR) is 479 cm³/mol. The van der Waals surface area contributed by atoms with E-state index < -0.39 is 23.9 Å². The van der Waals surface area contributed by atoms with Crippen LogP contribution >= 0.6 is 92.8 Å². The second-order valence-corrected chi connectivity index (χ2v) is 28.7. The zero-order valence-corrected chi connectivity index (χ0v) is 74.2. The van der Waals surface area contributed by atoms with Crippen molar-refractivity contribution in [1.29, 1.82) is 0 Å². The summed E-state index contributed by atoms with van der Waals surface area (Å²) in [4.78, 5) is 54.9. The molecule has 0 spiro atoms. The molecule has 118 heavy (non-hydrogen) atoms. The molecule has 2 aromatic heterocycles. The van der Waals surface area contributed by atoms with Gasteiger partial charge in [-0.15, -0.1) is 92.8 Å². The molecule has 12 aromatic carbocycles. The first-order chi connectivity index (χ1) is 55.9. The molecule has 0 amide bonds. The largest absolute Gasteiger partial charge is 2.00 e. The second kappa shape index (κ2) is 56.5. The van der Waals surface area contributed by atoms with Crippen LogP contribution in [0.15, 0.2) is 328 Å². The molecule has 14 rings (SSSR count). The van der Waals surface area contributed by atoms with Gasteiger partial charge >= 0.3 is 34.1 Å². The van der Waals surface area contributed by atoms with Crippen molar-refractivity contribution in [2.45, 2.75) is 55.4 Å². The maximum atomic E-state index is 11.8. The Morgan fingerprint density at radius 1 is 0.212 bits per heavy atom. The molecular weight excluding hydrogens is 1730 g/mol. The van der Waals surface area contributed by atoms with Gasteiger partial charge in [-0.25, -0.2) is 0 Å². The molecule has 0 bridgehead atoms. The number of carboxylic acid groups (broad SMARTS) is 4. The summed E-state index contributed by atoms with van der Waals surface area (Å²) in [6.07, 6.45) is 7.00. The van der Waals surface area contributed by atoms with Crippen LogP contribution in [-0.2, 0) is 34.1 Å². The maximum Gasteiger partial charge on any atom is 2.00 e. The number of benzene rings is 12. The molecule has 0 aliphatic carbocycles. The Hall–Kier alpha value is -9.82. The number of carbonyl (C=O) groups is 4. The summed E-state index contributed by atoms with van der Waals surface area (Å²) in [5.74, 6) is -4.62. The zero-order chi connectivity index (χ0) is 84.9. The Labute approximate surface area is 754 Å². The topological polar surface area (TPSA) is 186 Å². The molecular formula is C98H86Cl8Fe2N2O8. The van der Waals surface area contributed by atoms with Crippen LogP contribution in [0, 0.1) is 55.4 Å². The zero-order valence-electron chi connectivity index (χ0n) is 65.9. The summed E-state index contributed by atoms with van der Waals surface area (Å²) in [7, 11) is 0. The van der Waals surface area contributed by atoms with Crippen molar-refractivity contribution in [3.8, 4) is 89.0 Å². The molecule has 0 aliphatic heterocycles. The molecule has 0 aliphatic rings. The van der Waals surface area contributed by atoms with Crippen molar-refractivity contribution in [1.82, 2.24) is 9.97 Å². The van der Waals surface area contributed by atoms with E-state index in [1.165, 1.54) is 0 Å². The Morgan fingerprint density at radius 3 is 0.525 bits per heavy atom. The van der Waals surface area contributed by atoms with Gasteiger partial charge in [0.25, 0.3) is 0 Å². The number of pyridine rings is 2. The molecule has 0 saturated heterocycles. The summed E-state index contributed by atoms with van der Waals surface area (Å²) < 4.78 is 0. The molecule has 2 heterocycles. The summed E-state index contributed by atoms with van der Waals surface area (Å²) in [5.41, 5.74) is 22.5. The van der Waals surface area contributed by atoms with E-state index in [9.17, 15) is 39.6 Å². The van der Waals surface area contributed by atoms with Crippen LogP contribution in [0.2, 0.25) is 0 Å². The first-order valence-electron chi connectivity index (χ1n) is 36.0. The Kier molecular flexibility index (Phi) is 49.1. The van der Waals surface area contributed by atoms with Crippen LogP contribution in [0.4, 0.5) is 0 Å². The van der Waals surface area contributed by atoms with E-state index in [2.05, 4.69) is 22.1 Å². The molecule has 20 heteroatoms. The van der Waals surface area contributed by atoms with Gasteiger partial charge in [0.1, 0.15) is 0 Å². The number of carbonyl (C=O) groups excluding carboxylic acids is 4. The van der Waals surface area contributed by atoms with Crippen molar-refractivity contribution in [3.05, 3.63) is 395 Å². The number of aromatic carboxylic acids is 4. The van der Waals surface area contributed by atoms with Crippen LogP contribution in [0.1, 0.15) is 85.9 Å². The predicted octanol–water partition coefficient (Wildman–Crippen LogP) is 23.8. The van der Waals surface area contributed by atoms with Crippen LogP contribution in [0.5, 0.6) is 0 Å². The van der Waals surface area contributed by atoms with Crippen molar-refractivity contribution in [2.75, 3.05) is 21.4 Å². The van der Waals surface area contributed by atoms with E-state index in [4.69, 9.17) is 92.8 Å². The Bertz CT molecular complexity index is 4760. The molecule has 14 aromatic rings. The first-order valence-corrected chi connectivity index (χ1v) is 40.3. The molecule has 0 saturated carbocycles. The number of hydrogen-bond acceptors (Lipinski definition) is 10. The normalized spacial score (nSPS) is 9.63. The summed E-state index contributed by atoms with van der Waals surface area (Å²) >= 11 is 38.1. The molecule has 0 atom stereocenters. The minimum Gasteiger partial charge on any atom is -0.545 e. The summed E-state index contributed by atoms with van der Waals surface area (Å²) in [6.45, 7) is 16.1. The van der Waals surface area contributed by atoms with E-state index in [-0.39, 0.29) is 77.7 Å². The van der Waals surface area contributed by atoms with Gasteiger partial charge in [0.2, 0.25) is 0 Å². The number of nitrogens with zero attached hydrogens (tertiary/aromatic N) is 2. The van der Waals surface area contributed by atoms with Gasteiger partial charge < -0.3 is 39.6 Å². The molecule has 0 radical (unpaired) electrons. The average molecular weight is 1820 g/mol. The third-order valence-corrected chi connectivity index (χ3v) is 16.9. The molecule has 0 unspecified atom stereocenters. The first kappa shape index (κ1) is 102. The smallest absolute Gasteiger partial charge is 0.545 e. The van der Waals surface area contributed by atoms with Gasteiger partial charge in [0.05, 0.1) is 45.2 Å². The fourth-order valence-electron chi connectivity index (χ4n) is 12.1. The summed E-state index contributed by atoms with van der Waals surface area (Å²) in [6, 6.07) is 96.2. The number of carboxylic acids is 4. The van der Waals surface area contributed by atoms with Gasteiger partial charge in [0, 0.05) is 47.0 Å². The second-order valence-electron chi connectivity index (χ2n) is 25.5. The van der Waals surface area contributed by atoms with Crippen molar-refractivity contribution < 1.29 is 73.7 Å². The van der Waals surface area contributed by atoms with Crippen molar-refractivity contribution in [3.63, 3.8) is 0 Å². The quantitative estimate of drug-likeness (QED) is 0.0841. The van der Waals surface area contributed by atoms with Crippen molar-refractivity contribution >= 4 is 117 Å². The number of aryl methyl sites for hydroxylation is 8. The maximum absolute atomic E-state index is 11.8. The van der Waals surface area contributed by atoms with Crippen LogP contribution in [-0.4, -0.2) is 55.2 Å². The molecule has 0 fully saturated rings. The summed E-state index contributed by atoms with van der Waals surface area (Å²) in [5, 5.41) is 48.1. The molecule has 10 nitrogen and oxygen atoms in total. The van der Waals surface area contributed by atoms with Crippen LogP contribution < -0.4 is 20.4 Å². The third kappa shape index (κ3) is 33.9. The van der Waals surface area contributed by atoms with Gasteiger partial charge in [0.15, 0.2) is 0 Å². The average Bonchev–Trinajstić information content (AvgIpc) is 0.805. The fraction of sp³-hybridized carbons (Fsp3) is 0.122. The van der Waals surface area contributed by atoms with E-state index in [1.807, 2.05) is 347 Å². The third-order valence-electron chi connectivity index (χ3n) is 16.9. The number of aromatic nitrogens is 2. The van der Waals surface area contributed by atoms with Gasteiger partial charge in [-0.1, -0.05) is 324 Å². The van der Waals surface area contributed by atoms with Crippen molar-refractivity contribution in [2.24, 2.45) is 0 Å². The number of halogens is 8. The van der Waals surface area contributed by atoms with E-state index in [0.29, 0.717) is 44.5 Å². The van der Waals surface area contributed by atoms with Crippen LogP contribution in [0.3, 0.4) is 0 Å². The van der Waals surface area contributed by atoms with Gasteiger partial charge in [-0.05, 0) is 169 Å². The standard InChI is InChI=1S/4C21H18O2.2C5H5N.4CH2Cl2.2Fe/c2*1-14-6-10-16(11-7-14)18-4-3-5-19(20(18)21(22)23)17-12-8-15(2)9-13-17;2*1-14-11-15(2)13-17(12-14)19-10-6-9-18(20(19)21(22)23)16-7-4-3-5-8-16;2*1-2-4-6-5-3-1;4*2-1-3;;/h4*3-13H,1-2H3,(H,22,23);2*1-5H;4*1H2;;/q;;;;;;;;;;2*+2/p-4. The Morgan fingerprint density at radius 2 is 0.373 bits per heavy atom. The number of alkyl halides is 8. The van der Waals surface area contributed by atoms with E-state index in [1.54, 1.807) is 24.8 Å². The minimum absolute atomic E-state index is 0. The van der Waals surface area contributed by atoms with E-state index >= 15 is 0 Å². The van der Waals surface area contributed by atoms with E-state index in [0.717, 1.165) is 89.0 Å². The van der Waals surface area contributed by atoms with Crippen LogP contribution in [0.25, 0.3) is 89.0 Å².